The van der Waals surface area contributed by atoms with E-state index in [2.05, 4.69) is 10.1 Å². The molecule has 0 saturated carbocycles. The lowest BCUT2D eigenvalue weighted by molar-refractivity contribution is -0.698. The molecule has 1 N–H and O–H groups in total. The van der Waals surface area contributed by atoms with Gasteiger partial charge in [0.15, 0.2) is 18.9 Å². The number of carbonyl (C=O) groups is 2. The van der Waals surface area contributed by atoms with Crippen LogP contribution in [0.3, 0.4) is 0 Å². The fourth-order valence-electron chi connectivity index (χ4n) is 4.48. The maximum Gasteiger partial charge on any atom is 0.282 e. The molecule has 10 heteroatoms. The van der Waals surface area contributed by atoms with Crippen molar-refractivity contribution in [3.8, 4) is 0 Å². The van der Waals surface area contributed by atoms with Crippen LogP contribution in [0.4, 0.5) is 5.69 Å². The predicted molar refractivity (Wildman–Crippen MR) is 142 cm³/mol. The minimum Gasteiger partial charge on any atom is -1.00 e. The largest absolute Gasteiger partial charge is 1.00 e. The van der Waals surface area contributed by atoms with Gasteiger partial charge in [-0.3, -0.25) is 14.6 Å². The SMILES string of the molecule is Cn1/c(=N/N2C(=O)c3cccc4cc(/N=C/c5cc[n+](CCO)cc5)cc(c34)C2=O)sc2ccccc21.[Br-]. The number of nitrogens with zero attached hydrogens (tertiary/aromatic N) is 5. The Labute approximate surface area is 232 Å². The lowest BCUT2D eigenvalue weighted by atomic mass is 9.94. The lowest BCUT2D eigenvalue weighted by Gasteiger charge is -2.23. The molecule has 0 fully saturated rings. The molecular formula is C28H22BrN5O3S. The molecule has 0 bridgehead atoms. The van der Waals surface area contributed by atoms with Gasteiger partial charge in [-0.15, -0.1) is 5.10 Å². The van der Waals surface area contributed by atoms with Gasteiger partial charge in [-0.1, -0.05) is 35.6 Å². The summed E-state index contributed by atoms with van der Waals surface area (Å²) in [7, 11) is 1.87. The van der Waals surface area contributed by atoms with E-state index in [1.165, 1.54) is 11.3 Å². The number of carbonyl (C=O) groups excluding carboxylic acids is 2. The minimum absolute atomic E-state index is 0. The molecule has 0 aliphatic carbocycles. The van der Waals surface area contributed by atoms with Crippen molar-refractivity contribution in [3.05, 3.63) is 101 Å². The first-order chi connectivity index (χ1) is 18.0. The monoisotopic (exact) mass is 587 g/mol. The summed E-state index contributed by atoms with van der Waals surface area (Å²) in [4.78, 5) is 32.1. The molecule has 0 saturated heterocycles. The zero-order chi connectivity index (χ0) is 25.5. The van der Waals surface area contributed by atoms with Gasteiger partial charge < -0.3 is 26.7 Å². The molecule has 6 rings (SSSR count). The van der Waals surface area contributed by atoms with Crippen LogP contribution in [0.2, 0.25) is 0 Å². The number of rotatable bonds is 5. The highest BCUT2D eigenvalue weighted by Gasteiger charge is 2.33. The average Bonchev–Trinajstić information content (AvgIpc) is 3.24. The number of halogens is 1. The number of aliphatic hydroxyl groups is 1. The zero-order valence-corrected chi connectivity index (χ0v) is 22.7. The number of hydrogen-bond acceptors (Lipinski definition) is 6. The van der Waals surface area contributed by atoms with Crippen LogP contribution in [0.5, 0.6) is 0 Å². The fraction of sp³-hybridized carbons (Fsp3) is 0.107. The highest BCUT2D eigenvalue weighted by atomic mass is 79.9. The van der Waals surface area contributed by atoms with Gasteiger partial charge in [0.2, 0.25) is 4.80 Å². The molecule has 0 radical (unpaired) electrons. The molecule has 8 nitrogen and oxygen atoms in total. The number of benzene rings is 3. The number of hydrogen-bond donors (Lipinski definition) is 1. The van der Waals surface area contributed by atoms with Crippen LogP contribution in [0.15, 0.2) is 89.2 Å². The number of thiazole rings is 1. The molecule has 0 unspecified atom stereocenters. The summed E-state index contributed by atoms with van der Waals surface area (Å²) >= 11 is 1.42. The quantitative estimate of drug-likeness (QED) is 0.185. The normalized spacial score (nSPS) is 13.6. The molecule has 190 valence electrons. The number of aliphatic imine (C=N–C) groups is 1. The molecule has 3 aromatic carbocycles. The number of aliphatic hydroxyl groups excluding tert-OH is 1. The Morgan fingerprint density at radius 2 is 1.74 bits per heavy atom. The van der Waals surface area contributed by atoms with Gasteiger partial charge in [0.1, 0.15) is 6.61 Å². The summed E-state index contributed by atoms with van der Waals surface area (Å²) in [5, 5.41) is 15.9. The molecular weight excluding hydrogens is 566 g/mol. The summed E-state index contributed by atoms with van der Waals surface area (Å²) in [6.07, 6.45) is 5.46. The first-order valence-corrected chi connectivity index (χ1v) is 12.5. The fourth-order valence-corrected chi connectivity index (χ4v) is 5.49. The van der Waals surface area contributed by atoms with E-state index in [1.54, 1.807) is 24.4 Å². The molecule has 1 aliphatic heterocycles. The van der Waals surface area contributed by atoms with E-state index in [0.29, 0.717) is 33.5 Å². The minimum atomic E-state index is -0.479. The van der Waals surface area contributed by atoms with Crippen LogP contribution in [0.1, 0.15) is 26.3 Å². The van der Waals surface area contributed by atoms with E-state index in [-0.39, 0.29) is 23.6 Å². The number of fused-ring (bicyclic) bond motifs is 1. The molecule has 5 aromatic rings. The summed E-state index contributed by atoms with van der Waals surface area (Å²) in [5.74, 6) is -0.926. The second-order valence-electron chi connectivity index (χ2n) is 8.68. The third kappa shape index (κ3) is 4.47. The Bertz CT molecular complexity index is 1810. The van der Waals surface area contributed by atoms with E-state index >= 15 is 0 Å². The molecule has 2 amide bonds. The predicted octanol–water partition coefficient (Wildman–Crippen LogP) is 0.539. The number of amides is 2. The maximum atomic E-state index is 13.6. The van der Waals surface area contributed by atoms with Crippen molar-refractivity contribution in [2.24, 2.45) is 17.1 Å². The number of imide groups is 1. The highest BCUT2D eigenvalue weighted by molar-refractivity contribution is 7.16. The summed E-state index contributed by atoms with van der Waals surface area (Å²) in [5.41, 5.74) is 3.28. The van der Waals surface area contributed by atoms with Crippen molar-refractivity contribution in [2.75, 3.05) is 6.61 Å². The Kier molecular flexibility index (Phi) is 7.02. The molecule has 1 aliphatic rings. The van der Waals surface area contributed by atoms with Crippen LogP contribution >= 0.6 is 11.3 Å². The maximum absolute atomic E-state index is 13.6. The molecule has 2 aromatic heterocycles. The van der Waals surface area contributed by atoms with E-state index in [9.17, 15) is 9.59 Å². The Hall–Kier alpha value is -3.99. The first-order valence-electron chi connectivity index (χ1n) is 11.7. The first kappa shape index (κ1) is 25.7. The molecule has 3 heterocycles. The van der Waals surface area contributed by atoms with Gasteiger partial charge in [-0.2, -0.15) is 5.01 Å². The summed E-state index contributed by atoms with van der Waals surface area (Å²) in [6.45, 7) is 0.594. The van der Waals surface area contributed by atoms with Gasteiger partial charge in [0.25, 0.3) is 11.8 Å². The van der Waals surface area contributed by atoms with Crippen molar-refractivity contribution in [2.45, 2.75) is 6.54 Å². The average molecular weight is 588 g/mol. The van der Waals surface area contributed by atoms with Gasteiger partial charge >= 0.3 is 0 Å². The van der Waals surface area contributed by atoms with Crippen molar-refractivity contribution in [1.29, 1.82) is 0 Å². The summed E-state index contributed by atoms with van der Waals surface area (Å²) < 4.78 is 4.77. The molecule has 0 spiro atoms. The van der Waals surface area contributed by atoms with Crippen LogP contribution in [0.25, 0.3) is 21.0 Å². The van der Waals surface area contributed by atoms with Crippen LogP contribution in [-0.2, 0) is 13.6 Å². The van der Waals surface area contributed by atoms with Crippen molar-refractivity contribution in [1.82, 2.24) is 9.58 Å². The van der Waals surface area contributed by atoms with Gasteiger partial charge in [-0.25, -0.2) is 4.57 Å². The second-order valence-corrected chi connectivity index (χ2v) is 9.69. The Morgan fingerprint density at radius 3 is 2.50 bits per heavy atom. The summed E-state index contributed by atoms with van der Waals surface area (Å²) in [6, 6.07) is 20.6. The van der Waals surface area contributed by atoms with Crippen LogP contribution in [0, 0.1) is 0 Å². The smallest absolute Gasteiger partial charge is 0.282 e. The van der Waals surface area contributed by atoms with Gasteiger partial charge in [-0.05, 0) is 35.7 Å². The van der Waals surface area contributed by atoms with Crippen LogP contribution in [-0.4, -0.2) is 39.3 Å². The third-order valence-corrected chi connectivity index (χ3v) is 7.45. The molecule has 0 atom stereocenters. The van der Waals surface area contributed by atoms with Crippen molar-refractivity contribution >= 4 is 56.0 Å². The highest BCUT2D eigenvalue weighted by Crippen LogP contribution is 2.34. The van der Waals surface area contributed by atoms with Crippen molar-refractivity contribution in [3.63, 3.8) is 0 Å². The third-order valence-electron chi connectivity index (χ3n) is 6.35. The van der Waals surface area contributed by atoms with Crippen LogP contribution < -0.4 is 26.3 Å². The van der Waals surface area contributed by atoms with Gasteiger partial charge in [0, 0.05) is 36.3 Å². The Balaban J connectivity index is 0.00000294. The Morgan fingerprint density at radius 1 is 0.974 bits per heavy atom. The number of aromatic nitrogens is 2. The topological polar surface area (TPSA) is 91.1 Å². The van der Waals surface area contributed by atoms with E-state index in [1.807, 2.05) is 77.1 Å². The number of pyridine rings is 1. The standard InChI is InChI=1S/C28H22N5O3S.BrH/c1-31-23-7-2-3-8-24(23)37-28(31)30-33-26(35)21-6-4-5-19-15-20(16-22(25(19)21)27(33)36)29-17-18-9-11-32(12-10-18)13-14-34;/h2-12,15-17,34H,13-14H2,1H3;1H/q+1;/p-1/b29-17+,30-28-;. The van der Waals surface area contributed by atoms with E-state index in [4.69, 9.17) is 5.11 Å². The van der Waals surface area contributed by atoms with E-state index < -0.39 is 11.8 Å². The molecule has 38 heavy (non-hydrogen) atoms. The second kappa shape index (κ2) is 10.4. The lowest BCUT2D eigenvalue weighted by Crippen LogP contribution is -3.00. The van der Waals surface area contributed by atoms with Gasteiger partial charge in [0.05, 0.1) is 27.0 Å². The number of para-hydroxylation sites is 1. The zero-order valence-electron chi connectivity index (χ0n) is 20.3. The van der Waals surface area contributed by atoms with Crippen molar-refractivity contribution < 1.29 is 36.2 Å². The van der Waals surface area contributed by atoms with E-state index in [0.717, 1.165) is 26.2 Å². The number of aryl methyl sites for hydroxylation is 1.